The summed E-state index contributed by atoms with van der Waals surface area (Å²) in [5.41, 5.74) is 0.929. The van der Waals surface area contributed by atoms with E-state index in [1.54, 1.807) is 25.4 Å². The Morgan fingerprint density at radius 2 is 2.29 bits per heavy atom. The van der Waals surface area contributed by atoms with Crippen molar-refractivity contribution in [3.05, 3.63) is 40.6 Å². The Morgan fingerprint density at radius 1 is 1.47 bits per heavy atom. The molecule has 0 bridgehead atoms. The summed E-state index contributed by atoms with van der Waals surface area (Å²) >= 11 is 0. The Kier molecular flexibility index (Phi) is 3.18. The second kappa shape index (κ2) is 4.78. The Morgan fingerprint density at radius 3 is 3.00 bits per heavy atom. The van der Waals surface area contributed by atoms with E-state index in [1.807, 2.05) is 6.92 Å². The molecule has 0 aliphatic rings. The lowest BCUT2D eigenvalue weighted by atomic mass is 10.2. The standard InChI is InChI=1S/C12H13N3O2/c1-3-10-14-8(7-11(16)15-10)12-9(17-2)5-4-6-13-12/h4-7H,3H2,1-2H3,(H,14,15,16). The number of aromatic amines is 1. The molecule has 2 aromatic rings. The minimum atomic E-state index is -0.181. The van der Waals surface area contributed by atoms with Crippen LogP contribution in [0.15, 0.2) is 29.2 Å². The minimum Gasteiger partial charge on any atom is -0.494 e. The summed E-state index contributed by atoms with van der Waals surface area (Å²) in [6.45, 7) is 1.93. The number of hydrogen-bond donors (Lipinski definition) is 1. The fraction of sp³-hybridized carbons (Fsp3) is 0.250. The third kappa shape index (κ3) is 2.33. The quantitative estimate of drug-likeness (QED) is 0.867. The predicted octanol–water partition coefficient (Wildman–Crippen LogP) is 1.40. The lowest BCUT2D eigenvalue weighted by molar-refractivity contribution is 0.414. The first-order valence-electron chi connectivity index (χ1n) is 5.34. The Hall–Kier alpha value is -2.17. The molecule has 2 aromatic heterocycles. The van der Waals surface area contributed by atoms with Gasteiger partial charge in [0.05, 0.1) is 12.8 Å². The molecule has 0 fully saturated rings. The molecule has 88 valence electrons. The average Bonchev–Trinajstić information content (AvgIpc) is 2.37. The van der Waals surface area contributed by atoms with Gasteiger partial charge in [-0.15, -0.1) is 0 Å². The van der Waals surface area contributed by atoms with Gasteiger partial charge in [0.2, 0.25) is 0 Å². The fourth-order valence-corrected chi connectivity index (χ4v) is 1.54. The van der Waals surface area contributed by atoms with Crippen LogP contribution in [0.3, 0.4) is 0 Å². The molecular formula is C12H13N3O2. The van der Waals surface area contributed by atoms with E-state index in [9.17, 15) is 4.79 Å². The van der Waals surface area contributed by atoms with Gasteiger partial charge in [0.1, 0.15) is 17.3 Å². The van der Waals surface area contributed by atoms with Crippen molar-refractivity contribution in [2.45, 2.75) is 13.3 Å². The topological polar surface area (TPSA) is 67.9 Å². The smallest absolute Gasteiger partial charge is 0.251 e. The van der Waals surface area contributed by atoms with Crippen molar-refractivity contribution in [2.24, 2.45) is 0 Å². The van der Waals surface area contributed by atoms with Crippen molar-refractivity contribution >= 4 is 0 Å². The maximum absolute atomic E-state index is 11.5. The Labute approximate surface area is 98.5 Å². The van der Waals surface area contributed by atoms with Crippen molar-refractivity contribution < 1.29 is 4.74 Å². The maximum Gasteiger partial charge on any atom is 0.251 e. The van der Waals surface area contributed by atoms with Gasteiger partial charge in [0.15, 0.2) is 0 Å². The number of nitrogens with zero attached hydrogens (tertiary/aromatic N) is 2. The number of methoxy groups -OCH3 is 1. The van der Waals surface area contributed by atoms with E-state index in [2.05, 4.69) is 15.0 Å². The van der Waals surface area contributed by atoms with Crippen LogP contribution >= 0.6 is 0 Å². The normalized spacial score (nSPS) is 10.2. The molecule has 2 rings (SSSR count). The van der Waals surface area contributed by atoms with Crippen molar-refractivity contribution in [1.29, 1.82) is 0 Å². The van der Waals surface area contributed by atoms with Gasteiger partial charge in [0.25, 0.3) is 5.56 Å². The lowest BCUT2D eigenvalue weighted by Gasteiger charge is -2.06. The largest absolute Gasteiger partial charge is 0.494 e. The zero-order valence-corrected chi connectivity index (χ0v) is 9.73. The fourth-order valence-electron chi connectivity index (χ4n) is 1.54. The number of nitrogens with one attached hydrogen (secondary N) is 1. The van der Waals surface area contributed by atoms with Crippen LogP contribution in [0.25, 0.3) is 11.4 Å². The molecule has 0 spiro atoms. The van der Waals surface area contributed by atoms with Crippen LogP contribution in [0.5, 0.6) is 5.75 Å². The Balaban J connectivity index is 2.59. The van der Waals surface area contributed by atoms with E-state index in [0.29, 0.717) is 29.4 Å². The van der Waals surface area contributed by atoms with Gasteiger partial charge in [-0.1, -0.05) is 6.92 Å². The van der Waals surface area contributed by atoms with E-state index >= 15 is 0 Å². The Bertz CT molecular complexity index is 578. The molecule has 17 heavy (non-hydrogen) atoms. The van der Waals surface area contributed by atoms with Crippen LogP contribution in [-0.2, 0) is 6.42 Å². The number of ether oxygens (including phenoxy) is 1. The molecule has 5 heteroatoms. The number of pyridine rings is 1. The minimum absolute atomic E-state index is 0.181. The molecule has 0 amide bonds. The second-order valence-corrected chi connectivity index (χ2v) is 3.49. The van der Waals surface area contributed by atoms with Gasteiger partial charge in [-0.05, 0) is 12.1 Å². The van der Waals surface area contributed by atoms with Crippen LogP contribution in [0.2, 0.25) is 0 Å². The van der Waals surface area contributed by atoms with Gasteiger partial charge in [-0.3, -0.25) is 9.78 Å². The van der Waals surface area contributed by atoms with E-state index in [1.165, 1.54) is 6.07 Å². The highest BCUT2D eigenvalue weighted by molar-refractivity contribution is 5.61. The number of aryl methyl sites for hydroxylation is 1. The third-order valence-corrected chi connectivity index (χ3v) is 2.36. The summed E-state index contributed by atoms with van der Waals surface area (Å²) in [5.74, 6) is 1.24. The highest BCUT2D eigenvalue weighted by atomic mass is 16.5. The first-order valence-corrected chi connectivity index (χ1v) is 5.34. The van der Waals surface area contributed by atoms with E-state index in [4.69, 9.17) is 4.74 Å². The number of aromatic nitrogens is 3. The average molecular weight is 231 g/mol. The van der Waals surface area contributed by atoms with Gasteiger partial charge < -0.3 is 9.72 Å². The molecule has 0 aliphatic heterocycles. The molecular weight excluding hydrogens is 218 g/mol. The summed E-state index contributed by atoms with van der Waals surface area (Å²) in [7, 11) is 1.56. The molecule has 0 unspecified atom stereocenters. The number of rotatable bonds is 3. The van der Waals surface area contributed by atoms with E-state index in [0.717, 1.165) is 0 Å². The van der Waals surface area contributed by atoms with Crippen LogP contribution < -0.4 is 10.3 Å². The summed E-state index contributed by atoms with van der Waals surface area (Å²) in [6.07, 6.45) is 2.31. The molecule has 0 aromatic carbocycles. The van der Waals surface area contributed by atoms with Crippen LogP contribution in [0.1, 0.15) is 12.7 Å². The van der Waals surface area contributed by atoms with Crippen molar-refractivity contribution in [3.63, 3.8) is 0 Å². The molecule has 0 saturated heterocycles. The van der Waals surface area contributed by atoms with Crippen LogP contribution in [-0.4, -0.2) is 22.1 Å². The molecule has 0 radical (unpaired) electrons. The summed E-state index contributed by atoms with van der Waals surface area (Å²) in [5, 5.41) is 0. The van der Waals surface area contributed by atoms with E-state index < -0.39 is 0 Å². The second-order valence-electron chi connectivity index (χ2n) is 3.49. The van der Waals surface area contributed by atoms with Crippen molar-refractivity contribution in [2.75, 3.05) is 7.11 Å². The number of H-pyrrole nitrogens is 1. The zero-order chi connectivity index (χ0) is 12.3. The molecule has 0 aliphatic carbocycles. The van der Waals surface area contributed by atoms with Gasteiger partial charge >= 0.3 is 0 Å². The van der Waals surface area contributed by atoms with Gasteiger partial charge in [0, 0.05) is 18.7 Å². The number of hydrogen-bond acceptors (Lipinski definition) is 4. The first-order chi connectivity index (χ1) is 8.24. The molecule has 5 nitrogen and oxygen atoms in total. The highest BCUT2D eigenvalue weighted by Crippen LogP contribution is 2.24. The van der Waals surface area contributed by atoms with Gasteiger partial charge in [-0.25, -0.2) is 4.98 Å². The monoisotopic (exact) mass is 231 g/mol. The van der Waals surface area contributed by atoms with Crippen LogP contribution in [0.4, 0.5) is 0 Å². The first kappa shape index (κ1) is 11.3. The van der Waals surface area contributed by atoms with Gasteiger partial charge in [-0.2, -0.15) is 0 Å². The zero-order valence-electron chi connectivity index (χ0n) is 9.73. The summed E-state index contributed by atoms with van der Waals surface area (Å²) in [4.78, 5) is 22.7. The summed E-state index contributed by atoms with van der Waals surface area (Å²) in [6, 6.07) is 4.98. The molecule has 2 heterocycles. The SMILES string of the molecule is CCc1nc(-c2ncccc2OC)cc(=O)[nH]1. The third-order valence-electron chi connectivity index (χ3n) is 2.36. The van der Waals surface area contributed by atoms with E-state index in [-0.39, 0.29) is 5.56 Å². The molecule has 0 atom stereocenters. The van der Waals surface area contributed by atoms with Crippen LogP contribution in [0, 0.1) is 0 Å². The highest BCUT2D eigenvalue weighted by Gasteiger charge is 2.09. The predicted molar refractivity (Wildman–Crippen MR) is 64.0 cm³/mol. The molecule has 1 N–H and O–H groups in total. The van der Waals surface area contributed by atoms with Crippen molar-refractivity contribution in [3.8, 4) is 17.1 Å². The van der Waals surface area contributed by atoms with Crippen molar-refractivity contribution in [1.82, 2.24) is 15.0 Å². The summed E-state index contributed by atoms with van der Waals surface area (Å²) < 4.78 is 5.20. The molecule has 0 saturated carbocycles. The lowest BCUT2D eigenvalue weighted by Crippen LogP contribution is -2.11. The maximum atomic E-state index is 11.5.